The van der Waals surface area contributed by atoms with Crippen LogP contribution in [0, 0.1) is 0 Å². The van der Waals surface area contributed by atoms with Crippen LogP contribution in [0.1, 0.15) is 55.8 Å². The molecule has 1 fully saturated rings. The van der Waals surface area contributed by atoms with Crippen molar-refractivity contribution in [2.24, 2.45) is 10.7 Å². The zero-order valence-corrected chi connectivity index (χ0v) is 14.0. The molecule has 0 spiro atoms. The fraction of sp³-hybridized carbons (Fsp3) is 0.632. The number of rotatable bonds is 5. The van der Waals surface area contributed by atoms with Gasteiger partial charge in [0, 0.05) is 26.2 Å². The molecule has 0 radical (unpaired) electrons. The topological polar surface area (TPSA) is 50.9 Å². The SMILES string of the molecule is NC(=NCCCOC1CCCc2ccccc21)N1CCCCC1. The number of nitrogens with two attached hydrogens (primary N) is 1. The zero-order valence-electron chi connectivity index (χ0n) is 14.0. The molecule has 1 aliphatic carbocycles. The maximum absolute atomic E-state index is 6.11. The minimum absolute atomic E-state index is 0.267. The van der Waals surface area contributed by atoms with Gasteiger partial charge in [-0.3, -0.25) is 4.99 Å². The van der Waals surface area contributed by atoms with E-state index in [1.54, 1.807) is 0 Å². The van der Waals surface area contributed by atoms with Crippen LogP contribution in [0.15, 0.2) is 29.3 Å². The van der Waals surface area contributed by atoms with Crippen molar-refractivity contribution in [2.75, 3.05) is 26.2 Å². The molecule has 0 aromatic heterocycles. The van der Waals surface area contributed by atoms with Crippen LogP contribution in [0.5, 0.6) is 0 Å². The highest BCUT2D eigenvalue weighted by atomic mass is 16.5. The standard InChI is InChI=1S/C19H29N3O/c20-19(22-13-4-1-5-14-22)21-12-7-15-23-18-11-6-9-16-8-2-3-10-17(16)18/h2-3,8,10,18H,1,4-7,9,11-15H2,(H2,20,21). The second kappa shape index (κ2) is 8.34. The lowest BCUT2D eigenvalue weighted by Crippen LogP contribution is -2.40. The Morgan fingerprint density at radius 2 is 2.00 bits per heavy atom. The molecule has 2 N–H and O–H groups in total. The van der Waals surface area contributed by atoms with Crippen LogP contribution in [0.4, 0.5) is 0 Å². The number of likely N-dealkylation sites (tertiary alicyclic amines) is 1. The first-order valence-corrected chi connectivity index (χ1v) is 9.09. The van der Waals surface area contributed by atoms with Gasteiger partial charge in [0.2, 0.25) is 0 Å². The highest BCUT2D eigenvalue weighted by molar-refractivity contribution is 5.78. The van der Waals surface area contributed by atoms with Gasteiger partial charge in [0.15, 0.2) is 5.96 Å². The summed E-state index contributed by atoms with van der Waals surface area (Å²) in [6, 6.07) is 8.68. The van der Waals surface area contributed by atoms with Crippen LogP contribution >= 0.6 is 0 Å². The molecule has 4 nitrogen and oxygen atoms in total. The summed E-state index contributed by atoms with van der Waals surface area (Å²) in [7, 11) is 0. The zero-order chi connectivity index (χ0) is 15.9. The van der Waals surface area contributed by atoms with Crippen molar-refractivity contribution in [1.29, 1.82) is 0 Å². The average Bonchev–Trinajstić information content (AvgIpc) is 2.62. The molecule has 126 valence electrons. The van der Waals surface area contributed by atoms with E-state index in [4.69, 9.17) is 10.5 Å². The number of hydrogen-bond acceptors (Lipinski definition) is 2. The summed E-state index contributed by atoms with van der Waals surface area (Å²) in [4.78, 5) is 6.73. The van der Waals surface area contributed by atoms with Crippen LogP contribution in [0.2, 0.25) is 0 Å². The fourth-order valence-corrected chi connectivity index (χ4v) is 3.59. The van der Waals surface area contributed by atoms with E-state index in [-0.39, 0.29) is 6.10 Å². The Kier molecular flexibility index (Phi) is 5.92. The molecule has 3 rings (SSSR count). The van der Waals surface area contributed by atoms with Crippen molar-refractivity contribution in [3.63, 3.8) is 0 Å². The summed E-state index contributed by atoms with van der Waals surface area (Å²) in [5.41, 5.74) is 8.91. The number of nitrogens with zero attached hydrogens (tertiary/aromatic N) is 2. The third-order valence-electron chi connectivity index (χ3n) is 4.89. The summed E-state index contributed by atoms with van der Waals surface area (Å²) in [5.74, 6) is 0.715. The summed E-state index contributed by atoms with van der Waals surface area (Å²) in [6.45, 7) is 3.64. The van der Waals surface area contributed by atoms with Crippen molar-refractivity contribution in [1.82, 2.24) is 4.90 Å². The van der Waals surface area contributed by atoms with Gasteiger partial charge in [-0.1, -0.05) is 24.3 Å². The van der Waals surface area contributed by atoms with Crippen molar-refractivity contribution in [3.8, 4) is 0 Å². The highest BCUT2D eigenvalue weighted by Crippen LogP contribution is 2.32. The molecular formula is C19H29N3O. The number of aryl methyl sites for hydroxylation is 1. The maximum Gasteiger partial charge on any atom is 0.191 e. The van der Waals surface area contributed by atoms with Crippen molar-refractivity contribution in [3.05, 3.63) is 35.4 Å². The number of piperidine rings is 1. The van der Waals surface area contributed by atoms with E-state index in [1.807, 2.05) is 0 Å². The van der Waals surface area contributed by atoms with E-state index in [2.05, 4.69) is 34.2 Å². The largest absolute Gasteiger partial charge is 0.373 e. The van der Waals surface area contributed by atoms with Crippen LogP contribution in [0.25, 0.3) is 0 Å². The van der Waals surface area contributed by atoms with Crippen LogP contribution in [-0.2, 0) is 11.2 Å². The minimum atomic E-state index is 0.267. The Labute approximate surface area is 139 Å². The molecule has 1 aromatic carbocycles. The van der Waals surface area contributed by atoms with E-state index in [0.29, 0.717) is 5.96 Å². The number of ether oxygens (including phenoxy) is 1. The molecule has 0 bridgehead atoms. The van der Waals surface area contributed by atoms with Gasteiger partial charge in [-0.25, -0.2) is 0 Å². The van der Waals surface area contributed by atoms with Crippen LogP contribution in [-0.4, -0.2) is 37.1 Å². The summed E-state index contributed by atoms with van der Waals surface area (Å²) in [5, 5.41) is 0. The lowest BCUT2D eigenvalue weighted by molar-refractivity contribution is 0.0402. The monoisotopic (exact) mass is 315 g/mol. The normalized spacial score (nSPS) is 22.0. The van der Waals surface area contributed by atoms with E-state index in [1.165, 1.54) is 43.2 Å². The molecular weight excluding hydrogens is 286 g/mol. The van der Waals surface area contributed by atoms with Crippen molar-refractivity contribution in [2.45, 2.75) is 51.0 Å². The number of benzene rings is 1. The van der Waals surface area contributed by atoms with Crippen LogP contribution in [0.3, 0.4) is 0 Å². The first kappa shape index (κ1) is 16.3. The van der Waals surface area contributed by atoms with E-state index in [9.17, 15) is 0 Å². The van der Waals surface area contributed by atoms with E-state index >= 15 is 0 Å². The van der Waals surface area contributed by atoms with Crippen molar-refractivity contribution >= 4 is 5.96 Å². The number of guanidine groups is 1. The summed E-state index contributed by atoms with van der Waals surface area (Å²) < 4.78 is 6.11. The Balaban J connectivity index is 1.40. The summed E-state index contributed by atoms with van der Waals surface area (Å²) >= 11 is 0. The minimum Gasteiger partial charge on any atom is -0.373 e. The van der Waals surface area contributed by atoms with Crippen LogP contribution < -0.4 is 5.73 Å². The second-order valence-electron chi connectivity index (χ2n) is 6.59. The predicted octanol–water partition coefficient (Wildman–Crippen LogP) is 3.27. The molecule has 4 heteroatoms. The molecule has 23 heavy (non-hydrogen) atoms. The third kappa shape index (κ3) is 4.47. The lowest BCUT2D eigenvalue weighted by Gasteiger charge is -2.27. The first-order valence-electron chi connectivity index (χ1n) is 9.09. The van der Waals surface area contributed by atoms with Gasteiger partial charge in [-0.05, 0) is 56.1 Å². The molecule has 1 saturated heterocycles. The third-order valence-corrected chi connectivity index (χ3v) is 4.89. The van der Waals surface area contributed by atoms with E-state index < -0.39 is 0 Å². The van der Waals surface area contributed by atoms with Gasteiger partial charge in [0.1, 0.15) is 0 Å². The van der Waals surface area contributed by atoms with Crippen molar-refractivity contribution < 1.29 is 4.74 Å². The maximum atomic E-state index is 6.11. The Morgan fingerprint density at radius 1 is 1.17 bits per heavy atom. The first-order chi connectivity index (χ1) is 11.3. The molecule has 2 aliphatic rings. The second-order valence-corrected chi connectivity index (χ2v) is 6.59. The van der Waals surface area contributed by atoms with Gasteiger partial charge in [-0.15, -0.1) is 0 Å². The molecule has 1 atom stereocenters. The highest BCUT2D eigenvalue weighted by Gasteiger charge is 2.19. The summed E-state index contributed by atoms with van der Waals surface area (Å²) in [6.07, 6.45) is 8.54. The fourth-order valence-electron chi connectivity index (χ4n) is 3.59. The smallest absolute Gasteiger partial charge is 0.191 e. The molecule has 1 heterocycles. The Hall–Kier alpha value is -1.55. The van der Waals surface area contributed by atoms with E-state index in [0.717, 1.165) is 39.1 Å². The molecule has 0 amide bonds. The average molecular weight is 315 g/mol. The predicted molar refractivity (Wildman–Crippen MR) is 94.6 cm³/mol. The van der Waals surface area contributed by atoms with Gasteiger partial charge in [-0.2, -0.15) is 0 Å². The van der Waals surface area contributed by atoms with Gasteiger partial charge in [0.05, 0.1) is 6.10 Å². The quantitative estimate of drug-likeness (QED) is 0.515. The molecule has 0 saturated carbocycles. The molecule has 1 unspecified atom stereocenters. The molecule has 1 aliphatic heterocycles. The lowest BCUT2D eigenvalue weighted by atomic mass is 9.89. The van der Waals surface area contributed by atoms with Gasteiger partial charge < -0.3 is 15.4 Å². The number of aliphatic imine (C=N–C) groups is 1. The number of hydrogen-bond donors (Lipinski definition) is 1. The Bertz CT molecular complexity index is 523. The molecule has 1 aromatic rings. The van der Waals surface area contributed by atoms with Gasteiger partial charge >= 0.3 is 0 Å². The van der Waals surface area contributed by atoms with Gasteiger partial charge in [0.25, 0.3) is 0 Å². The number of fused-ring (bicyclic) bond motifs is 1. The Morgan fingerprint density at radius 3 is 2.87 bits per heavy atom.